The predicted molar refractivity (Wildman–Crippen MR) is 108 cm³/mol. The summed E-state index contributed by atoms with van der Waals surface area (Å²) in [5.74, 6) is -0.951. The smallest absolute Gasteiger partial charge is 0.716 e. The van der Waals surface area contributed by atoms with Gasteiger partial charge in [-0.1, -0.05) is 58.3 Å². The van der Waals surface area contributed by atoms with Gasteiger partial charge in [0.2, 0.25) is 0 Å². The number of aliphatic hydroxyl groups excluding tert-OH is 6. The van der Waals surface area contributed by atoms with Crippen molar-refractivity contribution in [1.29, 1.82) is 0 Å². The zero-order chi connectivity index (χ0) is 23.8. The molecule has 0 heterocycles. The molecule has 184 valence electrons. The molecule has 0 amide bonds. The maximum Gasteiger partial charge on any atom is 1.00 e. The minimum absolute atomic E-state index is 0. The van der Waals surface area contributed by atoms with Crippen molar-refractivity contribution in [3.8, 4) is 0 Å². The van der Waals surface area contributed by atoms with E-state index in [4.69, 9.17) is 30.6 Å². The molecule has 0 aliphatic heterocycles. The van der Waals surface area contributed by atoms with Gasteiger partial charge < -0.3 is 39.4 Å². The Hall–Kier alpha value is 0.776. The topological polar surface area (TPSA) is 205 Å². The monoisotopic (exact) mass is 502 g/mol. The quantitative estimate of drug-likeness (QED) is 0.0562. The van der Waals surface area contributed by atoms with Gasteiger partial charge in [-0.15, -0.1) is 0 Å². The van der Waals surface area contributed by atoms with Crippen molar-refractivity contribution in [3.05, 3.63) is 0 Å². The van der Waals surface area contributed by atoms with Crippen molar-refractivity contribution in [1.82, 2.24) is 0 Å². The Labute approximate surface area is 228 Å². The van der Waals surface area contributed by atoms with E-state index in [-0.39, 0.29) is 84.2 Å². The molecule has 0 aromatic carbocycles. The Morgan fingerprint density at radius 3 is 1.35 bits per heavy atom. The molecule has 0 spiro atoms. The summed E-state index contributed by atoms with van der Waals surface area (Å²) in [5, 5.41) is 48.0. The predicted octanol–water partition coefficient (Wildman–Crippen LogP) is -3.42. The van der Waals surface area contributed by atoms with E-state index < -0.39 is 28.6 Å². The van der Waals surface area contributed by atoms with E-state index in [1.165, 1.54) is 32.1 Å². The molecule has 0 unspecified atom stereocenters. The fourth-order valence-electron chi connectivity index (χ4n) is 1.85. The molecule has 0 bridgehead atoms. The van der Waals surface area contributed by atoms with Gasteiger partial charge in [0, 0.05) is 6.42 Å². The summed E-state index contributed by atoms with van der Waals surface area (Å²) < 4.78 is 34.0. The van der Waals surface area contributed by atoms with E-state index in [1.54, 1.807) is 0 Å². The second kappa shape index (κ2) is 28.8. The standard InChI is InChI=1S/C12H24O5S.2C3H8O3.K/c1-2-3-4-5-6-7-8-9-10-11-12(13)17-18(14,15)16;2*4-1-3(6)2-5;/h2-11H2,1H3,(H,14,15,16);2*3-6H,1-2H2;/q;;;+1/p-1. The molecule has 0 aliphatic rings. The van der Waals surface area contributed by atoms with Crippen LogP contribution in [0.1, 0.15) is 71.1 Å². The second-order valence-corrected chi connectivity index (χ2v) is 7.46. The summed E-state index contributed by atoms with van der Waals surface area (Å²) in [6.45, 7) is 0.723. The van der Waals surface area contributed by atoms with Gasteiger partial charge in [-0.05, 0) is 6.42 Å². The van der Waals surface area contributed by atoms with Crippen LogP contribution in [0.4, 0.5) is 0 Å². The normalized spacial score (nSPS) is 10.5. The van der Waals surface area contributed by atoms with Gasteiger partial charge in [0.15, 0.2) is 0 Å². The summed E-state index contributed by atoms with van der Waals surface area (Å²) in [5.41, 5.74) is 0. The average Bonchev–Trinajstić information content (AvgIpc) is 2.70. The minimum Gasteiger partial charge on any atom is -0.716 e. The molecule has 0 aliphatic carbocycles. The number of hydrogen-bond donors (Lipinski definition) is 6. The van der Waals surface area contributed by atoms with E-state index in [0.717, 1.165) is 19.3 Å². The fraction of sp³-hybridized carbons (Fsp3) is 0.944. The van der Waals surface area contributed by atoms with E-state index in [1.807, 2.05) is 0 Å². The third-order valence-corrected chi connectivity index (χ3v) is 3.91. The molecule has 0 saturated carbocycles. The average molecular weight is 503 g/mol. The molecule has 13 heteroatoms. The Morgan fingerprint density at radius 1 is 0.774 bits per heavy atom. The van der Waals surface area contributed by atoms with Crippen LogP contribution in [-0.4, -0.2) is 88.2 Å². The third-order valence-electron chi connectivity index (χ3n) is 3.52. The largest absolute Gasteiger partial charge is 1.00 e. The van der Waals surface area contributed by atoms with Crippen molar-refractivity contribution in [2.24, 2.45) is 0 Å². The summed E-state index contributed by atoms with van der Waals surface area (Å²) in [4.78, 5) is 10.9. The van der Waals surface area contributed by atoms with Gasteiger partial charge in [-0.25, -0.2) is 8.42 Å². The number of aliphatic hydroxyl groups is 6. The molecule has 0 aromatic heterocycles. The molecule has 0 saturated heterocycles. The van der Waals surface area contributed by atoms with Crippen LogP contribution in [0.3, 0.4) is 0 Å². The minimum atomic E-state index is -4.88. The summed E-state index contributed by atoms with van der Waals surface area (Å²) in [6, 6.07) is 0. The second-order valence-electron chi connectivity index (χ2n) is 6.48. The van der Waals surface area contributed by atoms with Crippen molar-refractivity contribution >= 4 is 16.4 Å². The molecule has 0 fully saturated rings. The number of carbonyl (C=O) groups is 1. The number of hydrogen-bond acceptors (Lipinski definition) is 11. The van der Waals surface area contributed by atoms with Gasteiger partial charge in [-0.3, -0.25) is 4.79 Å². The first kappa shape index (κ1) is 39.0. The van der Waals surface area contributed by atoms with E-state index in [0.29, 0.717) is 6.42 Å². The SMILES string of the molecule is CCCCCCCCCCCC(=O)OS(=O)(=O)[O-].OCC(O)CO.OCC(O)CO.[K+]. The Bertz CT molecular complexity index is 445. The molecular formula is C18H39KO11S. The molecule has 31 heavy (non-hydrogen) atoms. The van der Waals surface area contributed by atoms with Crippen molar-refractivity contribution in [3.63, 3.8) is 0 Å². The van der Waals surface area contributed by atoms with E-state index >= 15 is 0 Å². The Morgan fingerprint density at radius 2 is 1.10 bits per heavy atom. The third kappa shape index (κ3) is 41.5. The van der Waals surface area contributed by atoms with Crippen LogP contribution in [0.15, 0.2) is 0 Å². The summed E-state index contributed by atoms with van der Waals surface area (Å²) >= 11 is 0. The molecule has 0 rings (SSSR count). The van der Waals surface area contributed by atoms with Crippen molar-refractivity contribution in [2.45, 2.75) is 83.3 Å². The van der Waals surface area contributed by atoms with Crippen LogP contribution < -0.4 is 51.4 Å². The van der Waals surface area contributed by atoms with Gasteiger partial charge in [-0.2, -0.15) is 0 Å². The molecule has 0 aromatic rings. The zero-order valence-corrected chi connectivity index (χ0v) is 22.6. The first-order valence-corrected chi connectivity index (χ1v) is 11.4. The van der Waals surface area contributed by atoms with Crippen LogP contribution in [0.25, 0.3) is 0 Å². The van der Waals surface area contributed by atoms with Gasteiger partial charge in [0.25, 0.3) is 10.4 Å². The Balaban J connectivity index is -0.000000231. The molecule has 11 nitrogen and oxygen atoms in total. The zero-order valence-electron chi connectivity index (χ0n) is 18.7. The molecule has 6 N–H and O–H groups in total. The molecular weight excluding hydrogens is 463 g/mol. The van der Waals surface area contributed by atoms with E-state index in [9.17, 15) is 17.8 Å². The van der Waals surface area contributed by atoms with Gasteiger partial charge >= 0.3 is 57.4 Å². The van der Waals surface area contributed by atoms with Crippen LogP contribution in [0, 0.1) is 0 Å². The maximum absolute atomic E-state index is 10.9. The summed E-state index contributed by atoms with van der Waals surface area (Å²) in [6.07, 6.45) is 7.97. The maximum atomic E-state index is 10.9. The number of rotatable bonds is 15. The van der Waals surface area contributed by atoms with Crippen molar-refractivity contribution < 1.29 is 104 Å². The van der Waals surface area contributed by atoms with Crippen LogP contribution in [0.5, 0.6) is 0 Å². The van der Waals surface area contributed by atoms with E-state index in [2.05, 4.69) is 11.1 Å². The number of carbonyl (C=O) groups excluding carboxylic acids is 1. The van der Waals surface area contributed by atoms with Crippen molar-refractivity contribution in [2.75, 3.05) is 26.4 Å². The fourth-order valence-corrected chi connectivity index (χ4v) is 2.16. The van der Waals surface area contributed by atoms with Crippen LogP contribution in [0.2, 0.25) is 0 Å². The van der Waals surface area contributed by atoms with Crippen LogP contribution >= 0.6 is 0 Å². The van der Waals surface area contributed by atoms with Gasteiger partial charge in [0.1, 0.15) is 12.2 Å². The molecule has 0 atom stereocenters. The summed E-state index contributed by atoms with van der Waals surface area (Å²) in [7, 11) is -4.88. The van der Waals surface area contributed by atoms with Crippen LogP contribution in [-0.2, 0) is 19.4 Å². The first-order valence-electron chi connectivity index (χ1n) is 10.0. The Kier molecular flexibility index (Phi) is 36.3. The number of unbranched alkanes of at least 4 members (excludes halogenated alkanes) is 8. The first-order chi connectivity index (χ1) is 14.1. The molecule has 0 radical (unpaired) electrons. The van der Waals surface area contributed by atoms with Gasteiger partial charge in [0.05, 0.1) is 26.4 Å².